The van der Waals surface area contributed by atoms with Crippen molar-refractivity contribution in [1.29, 1.82) is 0 Å². The first kappa shape index (κ1) is 15.3. The molecule has 0 fully saturated rings. The highest BCUT2D eigenvalue weighted by molar-refractivity contribution is 6.27. The Balaban J connectivity index is 2.39. The van der Waals surface area contributed by atoms with Crippen LogP contribution in [-0.2, 0) is 9.53 Å². The number of methoxy groups -OCH3 is 1. The number of halogens is 1. The molecule has 1 unspecified atom stereocenters. The van der Waals surface area contributed by atoms with Gasteiger partial charge in [-0.3, -0.25) is 4.79 Å². The summed E-state index contributed by atoms with van der Waals surface area (Å²) in [4.78, 5) is 23.6. The van der Waals surface area contributed by atoms with E-state index in [1.807, 2.05) is 24.3 Å². The van der Waals surface area contributed by atoms with Crippen molar-refractivity contribution in [1.82, 2.24) is 4.42 Å². The topological polar surface area (TPSA) is 66.8 Å². The van der Waals surface area contributed by atoms with E-state index < -0.39 is 17.9 Å². The van der Waals surface area contributed by atoms with E-state index in [0.29, 0.717) is 9.98 Å². The van der Waals surface area contributed by atoms with Gasteiger partial charge in [-0.05, 0) is 16.8 Å². The Labute approximate surface area is 126 Å². The molecule has 0 spiro atoms. The Kier molecular flexibility index (Phi) is 4.77. The van der Waals surface area contributed by atoms with E-state index in [9.17, 15) is 9.59 Å². The first-order valence-corrected chi connectivity index (χ1v) is 6.59. The molecule has 0 heterocycles. The van der Waals surface area contributed by atoms with E-state index in [2.05, 4.69) is 0 Å². The molecule has 110 valence electrons. The summed E-state index contributed by atoms with van der Waals surface area (Å²) in [6.45, 7) is -0.185. The van der Waals surface area contributed by atoms with Crippen LogP contribution in [0.15, 0.2) is 42.5 Å². The van der Waals surface area contributed by atoms with Crippen molar-refractivity contribution in [2.24, 2.45) is 0 Å². The van der Waals surface area contributed by atoms with Crippen molar-refractivity contribution in [2.45, 2.75) is 6.04 Å². The predicted octanol–water partition coefficient (Wildman–Crippen LogP) is 2.54. The van der Waals surface area contributed by atoms with Crippen molar-refractivity contribution in [3.63, 3.8) is 0 Å². The number of fused-ring (bicyclic) bond motifs is 1. The lowest BCUT2D eigenvalue weighted by molar-refractivity contribution is -0.142. The molecule has 1 N–H and O–H groups in total. The number of hydrogen-bond donors (Lipinski definition) is 1. The number of nitrogens with zero attached hydrogens (tertiary/aromatic N) is 1. The number of rotatable bonds is 5. The van der Waals surface area contributed by atoms with E-state index in [4.69, 9.17) is 21.6 Å². The van der Waals surface area contributed by atoms with Crippen molar-refractivity contribution in [3.8, 4) is 0 Å². The molecule has 0 saturated carbocycles. The molecule has 2 rings (SSSR count). The monoisotopic (exact) mass is 307 g/mol. The Bertz CT molecular complexity index is 668. The van der Waals surface area contributed by atoms with Gasteiger partial charge in [0.1, 0.15) is 0 Å². The lowest BCUT2D eigenvalue weighted by atomic mass is 10.0. The summed E-state index contributed by atoms with van der Waals surface area (Å²) in [5, 5.41) is 10.7. The van der Waals surface area contributed by atoms with Gasteiger partial charge >= 0.3 is 5.97 Å². The molecule has 2 aromatic carbocycles. The number of carboxylic acids is 1. The molecule has 1 atom stereocenters. The molecule has 0 aromatic heterocycles. The number of carbonyl (C=O) groups excluding carboxylic acids is 1. The number of aliphatic carboxylic acids is 1. The molecule has 0 saturated heterocycles. The summed E-state index contributed by atoms with van der Waals surface area (Å²) >= 11 is 5.93. The fourth-order valence-electron chi connectivity index (χ4n) is 2.06. The summed E-state index contributed by atoms with van der Waals surface area (Å²) < 4.78 is 5.47. The fourth-order valence-corrected chi connectivity index (χ4v) is 2.29. The van der Waals surface area contributed by atoms with Gasteiger partial charge in [0, 0.05) is 24.4 Å². The third-order valence-corrected chi connectivity index (χ3v) is 3.49. The van der Waals surface area contributed by atoms with Crippen LogP contribution in [0.25, 0.3) is 10.8 Å². The number of ether oxygens (including phenoxy) is 1. The van der Waals surface area contributed by atoms with Gasteiger partial charge in [-0.2, -0.15) is 0 Å². The lowest BCUT2D eigenvalue weighted by Crippen LogP contribution is -2.42. The standard InChI is InChI=1S/C15H14ClNO4/c1-21-9-13(15(19)20)17(16)14(18)12-8-4-6-10-5-2-3-7-11(10)12/h2-8,13H,9H2,1H3,(H,19,20). The molecule has 6 heteroatoms. The van der Waals surface area contributed by atoms with Crippen molar-refractivity contribution in [2.75, 3.05) is 13.7 Å². The molecule has 5 nitrogen and oxygen atoms in total. The maximum absolute atomic E-state index is 12.5. The summed E-state index contributed by atoms with van der Waals surface area (Å²) in [5.74, 6) is -1.79. The second-order valence-corrected chi connectivity index (χ2v) is 4.82. The van der Waals surface area contributed by atoms with Crippen molar-refractivity contribution >= 4 is 34.4 Å². The van der Waals surface area contributed by atoms with Crippen LogP contribution < -0.4 is 0 Å². The Morgan fingerprint density at radius 2 is 1.90 bits per heavy atom. The highest BCUT2D eigenvalue weighted by atomic mass is 35.5. The molecular formula is C15H14ClNO4. The minimum absolute atomic E-state index is 0.185. The zero-order valence-corrected chi connectivity index (χ0v) is 12.1. The molecule has 0 aliphatic rings. The highest BCUT2D eigenvalue weighted by Gasteiger charge is 2.30. The minimum Gasteiger partial charge on any atom is -0.480 e. The van der Waals surface area contributed by atoms with Crippen LogP contribution in [-0.4, -0.2) is 41.2 Å². The SMILES string of the molecule is COCC(C(=O)O)N(Cl)C(=O)c1cccc2ccccc12. The van der Waals surface area contributed by atoms with Gasteiger partial charge in [-0.25, -0.2) is 9.21 Å². The largest absolute Gasteiger partial charge is 0.480 e. The molecule has 1 amide bonds. The number of carbonyl (C=O) groups is 2. The van der Waals surface area contributed by atoms with Gasteiger partial charge in [0.15, 0.2) is 6.04 Å². The lowest BCUT2D eigenvalue weighted by Gasteiger charge is -2.21. The second kappa shape index (κ2) is 6.56. The number of amides is 1. The summed E-state index contributed by atoms with van der Waals surface area (Å²) in [6, 6.07) is 11.3. The molecule has 0 bridgehead atoms. The first-order valence-electron chi connectivity index (χ1n) is 6.25. The average molecular weight is 308 g/mol. The Morgan fingerprint density at radius 1 is 1.24 bits per heavy atom. The van der Waals surface area contributed by atoms with Crippen molar-refractivity contribution < 1.29 is 19.4 Å². The first-order chi connectivity index (χ1) is 10.1. The quantitative estimate of drug-likeness (QED) is 0.862. The summed E-state index contributed by atoms with van der Waals surface area (Å²) in [5.41, 5.74) is 0.352. The Morgan fingerprint density at radius 3 is 2.57 bits per heavy atom. The van der Waals surface area contributed by atoms with Gasteiger partial charge in [-0.1, -0.05) is 36.4 Å². The second-order valence-electron chi connectivity index (χ2n) is 4.45. The minimum atomic E-state index is -1.25. The molecule has 0 radical (unpaired) electrons. The van der Waals surface area contributed by atoms with Crippen LogP contribution in [0, 0.1) is 0 Å². The third kappa shape index (κ3) is 3.15. The van der Waals surface area contributed by atoms with Crippen LogP contribution in [0.5, 0.6) is 0 Å². The summed E-state index contributed by atoms with van der Waals surface area (Å²) in [7, 11) is 1.35. The van der Waals surface area contributed by atoms with Crippen LogP contribution in [0.1, 0.15) is 10.4 Å². The van der Waals surface area contributed by atoms with Gasteiger partial charge < -0.3 is 9.84 Å². The van der Waals surface area contributed by atoms with Crippen molar-refractivity contribution in [3.05, 3.63) is 48.0 Å². The smallest absolute Gasteiger partial charge is 0.330 e. The summed E-state index contributed by atoms with van der Waals surface area (Å²) in [6.07, 6.45) is 0. The van der Waals surface area contributed by atoms with Crippen LogP contribution in [0.4, 0.5) is 0 Å². The van der Waals surface area contributed by atoms with Gasteiger partial charge in [0.05, 0.1) is 6.61 Å². The molecular weight excluding hydrogens is 294 g/mol. The van der Waals surface area contributed by atoms with E-state index in [-0.39, 0.29) is 6.61 Å². The third-order valence-electron chi connectivity index (χ3n) is 3.10. The van der Waals surface area contributed by atoms with Gasteiger partial charge in [0.25, 0.3) is 5.91 Å². The van der Waals surface area contributed by atoms with Gasteiger partial charge in [-0.15, -0.1) is 0 Å². The predicted molar refractivity (Wildman–Crippen MR) is 79.3 cm³/mol. The Hall–Kier alpha value is -2.11. The van der Waals surface area contributed by atoms with E-state index >= 15 is 0 Å². The average Bonchev–Trinajstić information content (AvgIpc) is 2.50. The highest BCUT2D eigenvalue weighted by Crippen LogP contribution is 2.22. The number of hydrogen-bond acceptors (Lipinski definition) is 3. The molecule has 0 aliphatic carbocycles. The van der Waals surface area contributed by atoms with Crippen LogP contribution >= 0.6 is 11.8 Å². The maximum Gasteiger partial charge on any atom is 0.330 e. The van der Waals surface area contributed by atoms with Gasteiger partial charge in [0.2, 0.25) is 0 Å². The van der Waals surface area contributed by atoms with E-state index in [0.717, 1.165) is 10.8 Å². The number of carboxylic acid groups (broad SMARTS) is 1. The zero-order valence-electron chi connectivity index (χ0n) is 11.3. The normalized spacial score (nSPS) is 12.1. The van der Waals surface area contributed by atoms with E-state index in [1.54, 1.807) is 18.2 Å². The maximum atomic E-state index is 12.5. The van der Waals surface area contributed by atoms with Crippen LogP contribution in [0.3, 0.4) is 0 Å². The molecule has 2 aromatic rings. The molecule has 21 heavy (non-hydrogen) atoms. The molecule has 0 aliphatic heterocycles. The number of benzene rings is 2. The van der Waals surface area contributed by atoms with E-state index in [1.165, 1.54) is 7.11 Å². The zero-order chi connectivity index (χ0) is 15.4. The fraction of sp³-hybridized carbons (Fsp3) is 0.200. The van der Waals surface area contributed by atoms with Crippen LogP contribution in [0.2, 0.25) is 0 Å².